The van der Waals surface area contributed by atoms with Crippen LogP contribution in [0.1, 0.15) is 42.4 Å². The summed E-state index contributed by atoms with van der Waals surface area (Å²) in [4.78, 5) is 56.7. The average molecular weight is 692 g/mol. The van der Waals surface area contributed by atoms with Gasteiger partial charge in [-0.05, 0) is 85.4 Å². The average Bonchev–Trinajstić information content (AvgIpc) is 3.38. The van der Waals surface area contributed by atoms with E-state index in [0.29, 0.717) is 45.9 Å². The van der Waals surface area contributed by atoms with Crippen molar-refractivity contribution in [3.05, 3.63) is 111 Å². The van der Waals surface area contributed by atoms with Crippen LogP contribution >= 0.6 is 11.6 Å². The fourth-order valence-electron chi connectivity index (χ4n) is 7.82. The van der Waals surface area contributed by atoms with Crippen molar-refractivity contribution in [3.8, 4) is 23.0 Å². The van der Waals surface area contributed by atoms with E-state index in [4.69, 9.17) is 25.8 Å². The first-order chi connectivity index (χ1) is 24.1. The van der Waals surface area contributed by atoms with Crippen LogP contribution < -0.4 is 19.1 Å². The topological polar surface area (TPSA) is 119 Å². The number of phenolic OH excluding ortho intramolecular Hbond substituents is 1. The van der Waals surface area contributed by atoms with Crippen LogP contribution in [0.5, 0.6) is 23.0 Å². The van der Waals surface area contributed by atoms with Crippen LogP contribution in [0.25, 0.3) is 12.2 Å². The van der Waals surface area contributed by atoms with Crippen molar-refractivity contribution in [2.75, 3.05) is 26.2 Å². The fraction of sp³-hybridized carbons (Fsp3) is 0.250. The summed E-state index contributed by atoms with van der Waals surface area (Å²) >= 11 is 6.41. The van der Waals surface area contributed by atoms with Gasteiger partial charge in [-0.2, -0.15) is 0 Å². The lowest BCUT2D eigenvalue weighted by atomic mass is 9.59. The van der Waals surface area contributed by atoms with Gasteiger partial charge in [-0.15, -0.1) is 0 Å². The molecule has 3 aliphatic carbocycles. The standard InChI is InChI=1S/C40H34ClNO8/c1-20-15-31(43)36-29(37(20)44)19-28-26(34(36)23-17-30(41)38(45)33(18-23)50-4)12-13-27-35(28)40(47)42(39(27)46)24-9-6-21(7-10-24)5-8-22-16-25(48-2)11-14-32(22)49-3/h5-12,14-18,27-28,34-35,45H,13,19H2,1-4H3. The second-order valence-corrected chi connectivity index (χ2v) is 13.2. The first-order valence-electron chi connectivity index (χ1n) is 16.2. The number of Topliss-reactive ketones (excluding diaryl/α,β-unsaturated/α-hetero) is 1. The van der Waals surface area contributed by atoms with Crippen molar-refractivity contribution in [1.29, 1.82) is 0 Å². The Morgan fingerprint density at radius 1 is 0.860 bits per heavy atom. The summed E-state index contributed by atoms with van der Waals surface area (Å²) in [5.74, 6) is -2.52. The highest BCUT2D eigenvalue weighted by Crippen LogP contribution is 2.56. The maximum absolute atomic E-state index is 14.3. The molecule has 1 heterocycles. The molecule has 0 spiro atoms. The molecule has 4 aliphatic rings. The van der Waals surface area contributed by atoms with Crippen molar-refractivity contribution >= 4 is 52.8 Å². The number of fused-ring (bicyclic) bond motifs is 3. The Labute approximate surface area is 294 Å². The number of hydrogen-bond acceptors (Lipinski definition) is 8. The minimum atomic E-state index is -0.734. The summed E-state index contributed by atoms with van der Waals surface area (Å²) in [6.07, 6.45) is 7.53. The number of hydrogen-bond donors (Lipinski definition) is 1. The maximum atomic E-state index is 14.3. The number of aromatic hydroxyl groups is 1. The zero-order valence-corrected chi connectivity index (χ0v) is 28.6. The van der Waals surface area contributed by atoms with Gasteiger partial charge in [0.05, 0.1) is 43.9 Å². The van der Waals surface area contributed by atoms with Crippen LogP contribution in [0.15, 0.2) is 89.0 Å². The predicted molar refractivity (Wildman–Crippen MR) is 188 cm³/mol. The first-order valence-corrected chi connectivity index (χ1v) is 16.6. The number of halogens is 1. The van der Waals surface area contributed by atoms with E-state index in [-0.39, 0.29) is 46.3 Å². The summed E-state index contributed by atoms with van der Waals surface area (Å²) in [5.41, 5.74) is 4.45. The Morgan fingerprint density at radius 3 is 2.30 bits per heavy atom. The maximum Gasteiger partial charge on any atom is 0.238 e. The van der Waals surface area contributed by atoms with Gasteiger partial charge in [-0.1, -0.05) is 47.5 Å². The zero-order chi connectivity index (χ0) is 35.4. The van der Waals surface area contributed by atoms with E-state index < -0.39 is 23.7 Å². The van der Waals surface area contributed by atoms with Crippen molar-refractivity contribution in [3.63, 3.8) is 0 Å². The van der Waals surface area contributed by atoms with E-state index in [9.17, 15) is 24.3 Å². The van der Waals surface area contributed by atoms with Crippen LogP contribution in [0, 0.1) is 17.8 Å². The number of benzene rings is 3. The van der Waals surface area contributed by atoms with E-state index in [0.717, 1.165) is 16.7 Å². The Balaban J connectivity index is 1.22. The highest BCUT2D eigenvalue weighted by molar-refractivity contribution is 6.32. The van der Waals surface area contributed by atoms with Crippen LogP contribution in [-0.4, -0.2) is 49.8 Å². The molecule has 3 aromatic rings. The Kier molecular flexibility index (Phi) is 8.48. The number of methoxy groups -OCH3 is 3. The van der Waals surface area contributed by atoms with Gasteiger partial charge in [-0.25, -0.2) is 0 Å². The lowest BCUT2D eigenvalue weighted by Crippen LogP contribution is -2.39. The molecule has 0 bridgehead atoms. The van der Waals surface area contributed by atoms with Crippen LogP contribution in [0.3, 0.4) is 0 Å². The zero-order valence-electron chi connectivity index (χ0n) is 27.9. The lowest BCUT2D eigenvalue weighted by molar-refractivity contribution is -0.123. The summed E-state index contributed by atoms with van der Waals surface area (Å²) in [5, 5.41) is 10.5. The second-order valence-electron chi connectivity index (χ2n) is 12.8. The molecular weight excluding hydrogens is 658 g/mol. The minimum Gasteiger partial charge on any atom is -0.503 e. The Morgan fingerprint density at radius 2 is 1.60 bits per heavy atom. The molecule has 1 aliphatic heterocycles. The molecule has 254 valence electrons. The Hall–Kier alpha value is -5.41. The predicted octanol–water partition coefficient (Wildman–Crippen LogP) is 6.88. The number of phenols is 1. The molecule has 1 N–H and O–H groups in total. The molecule has 7 rings (SSSR count). The van der Waals surface area contributed by atoms with E-state index in [1.165, 1.54) is 18.1 Å². The fourth-order valence-corrected chi connectivity index (χ4v) is 8.04. The molecular formula is C40H34ClNO8. The number of ketones is 2. The molecule has 0 saturated carbocycles. The van der Waals surface area contributed by atoms with Gasteiger partial charge in [0, 0.05) is 28.2 Å². The molecule has 9 nitrogen and oxygen atoms in total. The number of allylic oxidation sites excluding steroid dienone is 6. The monoisotopic (exact) mass is 691 g/mol. The smallest absolute Gasteiger partial charge is 0.238 e. The van der Waals surface area contributed by atoms with Crippen molar-refractivity contribution in [2.45, 2.75) is 25.7 Å². The highest BCUT2D eigenvalue weighted by atomic mass is 35.5. The van der Waals surface area contributed by atoms with Gasteiger partial charge < -0.3 is 19.3 Å². The van der Waals surface area contributed by atoms with Gasteiger partial charge >= 0.3 is 0 Å². The quantitative estimate of drug-likeness (QED) is 0.123. The van der Waals surface area contributed by atoms with E-state index in [1.54, 1.807) is 45.4 Å². The molecule has 2 amide bonds. The molecule has 50 heavy (non-hydrogen) atoms. The summed E-state index contributed by atoms with van der Waals surface area (Å²) < 4.78 is 16.2. The van der Waals surface area contributed by atoms with Gasteiger partial charge in [0.2, 0.25) is 11.8 Å². The molecule has 3 aromatic carbocycles. The normalized spacial score (nSPS) is 23.0. The van der Waals surface area contributed by atoms with Crippen molar-refractivity contribution < 1.29 is 38.5 Å². The largest absolute Gasteiger partial charge is 0.503 e. The third kappa shape index (κ3) is 5.33. The van der Waals surface area contributed by atoms with Gasteiger partial charge in [0.25, 0.3) is 0 Å². The molecule has 4 atom stereocenters. The number of ether oxygens (including phenoxy) is 3. The van der Waals surface area contributed by atoms with Gasteiger partial charge in [-0.3, -0.25) is 24.1 Å². The number of nitrogens with zero attached hydrogens (tertiary/aromatic N) is 1. The molecule has 1 fully saturated rings. The molecule has 4 unspecified atom stereocenters. The summed E-state index contributed by atoms with van der Waals surface area (Å²) in [6, 6.07) is 15.8. The lowest BCUT2D eigenvalue weighted by Gasteiger charge is -2.42. The third-order valence-electron chi connectivity index (χ3n) is 10.2. The second kappa shape index (κ2) is 12.8. The number of carbonyl (C=O) groups is 4. The number of rotatable bonds is 7. The Bertz CT molecular complexity index is 2110. The summed E-state index contributed by atoms with van der Waals surface area (Å²) in [6.45, 7) is 1.60. The SMILES string of the molecule is COc1ccc(OC)c(C=Cc2ccc(N3C(=O)C4CC=C5C(c6cc(Cl)c(O)c(OC)c6)C6=C(CC5C4C3=O)C(=O)C(C)=CC6=O)cc2)c1. The first kappa shape index (κ1) is 33.1. The van der Waals surface area contributed by atoms with Gasteiger partial charge in [0.15, 0.2) is 23.1 Å². The number of amides is 2. The minimum absolute atomic E-state index is 0.0263. The van der Waals surface area contributed by atoms with Crippen LogP contribution in [0.2, 0.25) is 5.02 Å². The number of carbonyl (C=O) groups excluding carboxylic acids is 4. The number of anilines is 1. The van der Waals surface area contributed by atoms with E-state index >= 15 is 0 Å². The van der Waals surface area contributed by atoms with E-state index in [1.807, 2.05) is 48.6 Å². The molecule has 10 heteroatoms. The van der Waals surface area contributed by atoms with Crippen LogP contribution in [-0.2, 0) is 19.2 Å². The third-order valence-corrected chi connectivity index (χ3v) is 10.5. The molecule has 0 radical (unpaired) electrons. The summed E-state index contributed by atoms with van der Waals surface area (Å²) in [7, 11) is 4.59. The van der Waals surface area contributed by atoms with Crippen molar-refractivity contribution in [2.24, 2.45) is 17.8 Å². The van der Waals surface area contributed by atoms with Gasteiger partial charge in [0.1, 0.15) is 11.5 Å². The van der Waals surface area contributed by atoms with Crippen molar-refractivity contribution in [1.82, 2.24) is 0 Å². The molecule has 1 saturated heterocycles. The van der Waals surface area contributed by atoms with Crippen LogP contribution in [0.4, 0.5) is 5.69 Å². The molecule has 0 aromatic heterocycles. The highest BCUT2D eigenvalue weighted by Gasteiger charge is 2.56. The van der Waals surface area contributed by atoms with E-state index in [2.05, 4.69) is 0 Å². The number of imide groups is 1.